The molecule has 0 radical (unpaired) electrons. The summed E-state index contributed by atoms with van der Waals surface area (Å²) in [4.78, 5) is 7.63. The van der Waals surface area contributed by atoms with E-state index in [-0.39, 0.29) is 34.0 Å². The standard InChI is InChI=1S/C17H14FN5O2S/c1-20-9-12-11-23(26(24,25)13-4-2-6-21-10-13)17(16(12)18)14-5-3-7-22-15(14)8-19/h2-7,10-11,20H,9H2,1H3. The second kappa shape index (κ2) is 7.03. The van der Waals surface area contributed by atoms with Crippen molar-refractivity contribution in [2.45, 2.75) is 11.4 Å². The van der Waals surface area contributed by atoms with Crippen LogP contribution in [-0.4, -0.2) is 29.4 Å². The maximum absolute atomic E-state index is 15.1. The number of halogens is 1. The Morgan fingerprint density at radius 2 is 2.08 bits per heavy atom. The zero-order chi connectivity index (χ0) is 18.7. The van der Waals surface area contributed by atoms with Crippen LogP contribution in [0.2, 0.25) is 0 Å². The van der Waals surface area contributed by atoms with Gasteiger partial charge >= 0.3 is 0 Å². The van der Waals surface area contributed by atoms with Gasteiger partial charge in [0, 0.05) is 42.5 Å². The molecule has 7 nitrogen and oxygen atoms in total. The lowest BCUT2D eigenvalue weighted by molar-refractivity contribution is 0.584. The number of pyridine rings is 2. The van der Waals surface area contributed by atoms with Gasteiger partial charge in [0.1, 0.15) is 22.4 Å². The highest BCUT2D eigenvalue weighted by molar-refractivity contribution is 7.90. The molecule has 3 heterocycles. The summed E-state index contributed by atoms with van der Waals surface area (Å²) in [5, 5.41) is 12.1. The Balaban J connectivity index is 2.33. The number of rotatable bonds is 5. The van der Waals surface area contributed by atoms with Crippen LogP contribution >= 0.6 is 0 Å². The number of hydrogen-bond acceptors (Lipinski definition) is 6. The zero-order valence-corrected chi connectivity index (χ0v) is 14.5. The molecule has 9 heteroatoms. The first kappa shape index (κ1) is 17.7. The van der Waals surface area contributed by atoms with Crippen molar-refractivity contribution in [2.24, 2.45) is 0 Å². The highest BCUT2D eigenvalue weighted by Crippen LogP contribution is 2.32. The Kier molecular flexibility index (Phi) is 4.79. The van der Waals surface area contributed by atoms with E-state index in [1.807, 2.05) is 6.07 Å². The first-order valence-corrected chi connectivity index (χ1v) is 9.00. The second-order valence-electron chi connectivity index (χ2n) is 5.35. The van der Waals surface area contributed by atoms with Gasteiger partial charge < -0.3 is 5.32 Å². The summed E-state index contributed by atoms with van der Waals surface area (Å²) in [6.45, 7) is 0.122. The molecule has 0 bridgehead atoms. The van der Waals surface area contributed by atoms with Gasteiger partial charge in [-0.15, -0.1) is 0 Å². The molecule has 0 fully saturated rings. The molecule has 132 valence electrons. The summed E-state index contributed by atoms with van der Waals surface area (Å²) in [5.74, 6) is -0.726. The maximum Gasteiger partial charge on any atom is 0.269 e. The highest BCUT2D eigenvalue weighted by Gasteiger charge is 2.28. The Labute approximate surface area is 149 Å². The van der Waals surface area contributed by atoms with Gasteiger partial charge in [0.15, 0.2) is 5.82 Å². The van der Waals surface area contributed by atoms with Gasteiger partial charge in [0.05, 0.1) is 0 Å². The molecule has 3 aromatic heterocycles. The fourth-order valence-electron chi connectivity index (χ4n) is 2.55. The average molecular weight is 371 g/mol. The van der Waals surface area contributed by atoms with Crippen LogP contribution < -0.4 is 5.32 Å². The van der Waals surface area contributed by atoms with E-state index in [9.17, 15) is 13.7 Å². The molecule has 0 spiro atoms. The van der Waals surface area contributed by atoms with Crippen LogP contribution in [0.3, 0.4) is 0 Å². The van der Waals surface area contributed by atoms with Crippen molar-refractivity contribution < 1.29 is 12.8 Å². The number of nitrogens with zero attached hydrogens (tertiary/aromatic N) is 4. The maximum atomic E-state index is 15.1. The summed E-state index contributed by atoms with van der Waals surface area (Å²) >= 11 is 0. The third-order valence-electron chi connectivity index (χ3n) is 3.71. The SMILES string of the molecule is CNCc1cn(S(=O)(=O)c2cccnc2)c(-c2cccnc2C#N)c1F. The molecule has 0 saturated heterocycles. The lowest BCUT2D eigenvalue weighted by Gasteiger charge is -2.11. The third-order valence-corrected chi connectivity index (χ3v) is 5.35. The minimum atomic E-state index is -4.11. The summed E-state index contributed by atoms with van der Waals surface area (Å²) in [6, 6.07) is 7.69. The van der Waals surface area contributed by atoms with E-state index in [4.69, 9.17) is 0 Å². The summed E-state index contributed by atoms with van der Waals surface area (Å²) in [5.41, 5.74) is -0.0445. The lowest BCUT2D eigenvalue weighted by Crippen LogP contribution is -2.14. The molecule has 0 aliphatic rings. The van der Waals surface area contributed by atoms with Gasteiger partial charge in [-0.05, 0) is 31.3 Å². The normalized spacial score (nSPS) is 11.3. The highest BCUT2D eigenvalue weighted by atomic mass is 32.2. The Bertz CT molecular complexity index is 1090. The quantitative estimate of drug-likeness (QED) is 0.735. The molecule has 0 aliphatic carbocycles. The molecule has 26 heavy (non-hydrogen) atoms. The summed E-state index contributed by atoms with van der Waals surface area (Å²) in [6.07, 6.45) is 5.22. The molecule has 3 rings (SSSR count). The van der Waals surface area contributed by atoms with Crippen molar-refractivity contribution in [1.29, 1.82) is 5.26 Å². The molecule has 3 aromatic rings. The minimum absolute atomic E-state index is 0.0665. The minimum Gasteiger partial charge on any atom is -0.316 e. The summed E-state index contributed by atoms with van der Waals surface area (Å²) < 4.78 is 41.9. The van der Waals surface area contributed by atoms with Crippen molar-refractivity contribution in [1.82, 2.24) is 19.3 Å². The monoisotopic (exact) mass is 371 g/mol. The molecule has 0 aromatic carbocycles. The predicted octanol–water partition coefficient (Wildman–Crippen LogP) is 1.91. The van der Waals surface area contributed by atoms with E-state index >= 15 is 4.39 Å². The van der Waals surface area contributed by atoms with Gasteiger partial charge in [-0.2, -0.15) is 5.26 Å². The van der Waals surface area contributed by atoms with Crippen LogP contribution in [0.1, 0.15) is 11.3 Å². The average Bonchev–Trinajstić information content (AvgIpc) is 3.00. The zero-order valence-electron chi connectivity index (χ0n) is 13.7. The Morgan fingerprint density at radius 3 is 2.73 bits per heavy atom. The number of nitriles is 1. The van der Waals surface area contributed by atoms with E-state index < -0.39 is 15.8 Å². The lowest BCUT2D eigenvalue weighted by atomic mass is 10.1. The molecular formula is C17H14FN5O2S. The van der Waals surface area contributed by atoms with Gasteiger partial charge in [0.25, 0.3) is 10.0 Å². The van der Waals surface area contributed by atoms with Crippen molar-refractivity contribution >= 4 is 10.0 Å². The van der Waals surface area contributed by atoms with E-state index in [2.05, 4.69) is 15.3 Å². The molecule has 0 amide bonds. The van der Waals surface area contributed by atoms with E-state index in [0.29, 0.717) is 0 Å². The Morgan fingerprint density at radius 1 is 1.31 bits per heavy atom. The molecule has 0 atom stereocenters. The predicted molar refractivity (Wildman–Crippen MR) is 91.9 cm³/mol. The molecule has 0 saturated carbocycles. The second-order valence-corrected chi connectivity index (χ2v) is 7.16. The van der Waals surface area contributed by atoms with Gasteiger partial charge in [-0.1, -0.05) is 0 Å². The molecule has 1 N–H and O–H groups in total. The van der Waals surface area contributed by atoms with Crippen LogP contribution in [0.5, 0.6) is 0 Å². The Hall–Kier alpha value is -3.09. The molecule has 0 unspecified atom stereocenters. The largest absolute Gasteiger partial charge is 0.316 e. The molecular weight excluding hydrogens is 357 g/mol. The van der Waals surface area contributed by atoms with E-state index in [1.165, 1.54) is 49.1 Å². The van der Waals surface area contributed by atoms with Crippen LogP contribution in [-0.2, 0) is 16.6 Å². The van der Waals surface area contributed by atoms with Crippen LogP contribution in [0, 0.1) is 17.1 Å². The van der Waals surface area contributed by atoms with Crippen molar-refractivity contribution in [3.8, 4) is 17.3 Å². The van der Waals surface area contributed by atoms with Crippen LogP contribution in [0.25, 0.3) is 11.3 Å². The van der Waals surface area contributed by atoms with Crippen molar-refractivity contribution in [3.63, 3.8) is 0 Å². The van der Waals surface area contributed by atoms with Crippen LogP contribution in [0.15, 0.2) is 53.9 Å². The van der Waals surface area contributed by atoms with Gasteiger partial charge in [0.2, 0.25) is 0 Å². The summed E-state index contributed by atoms with van der Waals surface area (Å²) in [7, 11) is -2.49. The number of aromatic nitrogens is 3. The van der Waals surface area contributed by atoms with E-state index in [1.54, 1.807) is 7.05 Å². The van der Waals surface area contributed by atoms with Crippen molar-refractivity contribution in [3.05, 3.63) is 66.1 Å². The molecule has 0 aliphatic heterocycles. The number of hydrogen-bond donors (Lipinski definition) is 1. The fraction of sp³-hybridized carbons (Fsp3) is 0.118. The first-order valence-electron chi connectivity index (χ1n) is 7.56. The topological polar surface area (TPSA) is 101 Å². The van der Waals surface area contributed by atoms with Gasteiger partial charge in [-0.3, -0.25) is 4.98 Å². The van der Waals surface area contributed by atoms with E-state index in [0.717, 1.165) is 3.97 Å². The smallest absolute Gasteiger partial charge is 0.269 e. The number of nitrogens with one attached hydrogen (secondary N) is 1. The van der Waals surface area contributed by atoms with Crippen LogP contribution in [0.4, 0.5) is 4.39 Å². The third kappa shape index (κ3) is 2.96. The van der Waals surface area contributed by atoms with Gasteiger partial charge in [-0.25, -0.2) is 21.8 Å². The fourth-order valence-corrected chi connectivity index (χ4v) is 3.91. The first-order chi connectivity index (χ1) is 12.5. The van der Waals surface area contributed by atoms with Crippen molar-refractivity contribution in [2.75, 3.05) is 7.05 Å².